The number of likely N-dealkylation sites (tertiary alicyclic amines) is 1. The molecule has 1 unspecified atom stereocenters. The van der Waals surface area contributed by atoms with E-state index in [4.69, 9.17) is 9.47 Å². The Labute approximate surface area is 125 Å². The van der Waals surface area contributed by atoms with Gasteiger partial charge in [0.1, 0.15) is 11.6 Å². The lowest BCUT2D eigenvalue weighted by Crippen LogP contribution is -2.46. The summed E-state index contributed by atoms with van der Waals surface area (Å²) >= 11 is 0. The molecule has 1 saturated heterocycles. The average Bonchev–Trinajstić information content (AvgIpc) is 2.65. The summed E-state index contributed by atoms with van der Waals surface area (Å²) in [6, 6.07) is -0.889. The Bertz CT molecular complexity index is 424. The third-order valence-corrected chi connectivity index (χ3v) is 3.30. The molecule has 0 N–H and O–H groups in total. The lowest BCUT2D eigenvalue weighted by atomic mass is 9.93. The van der Waals surface area contributed by atoms with Crippen molar-refractivity contribution >= 4 is 18.0 Å². The van der Waals surface area contributed by atoms with Crippen LogP contribution in [0.4, 0.5) is 4.79 Å². The van der Waals surface area contributed by atoms with Gasteiger partial charge < -0.3 is 9.47 Å². The molecule has 0 aromatic rings. The fourth-order valence-electron chi connectivity index (χ4n) is 2.30. The fourth-order valence-corrected chi connectivity index (χ4v) is 2.30. The van der Waals surface area contributed by atoms with Crippen LogP contribution in [0.25, 0.3) is 0 Å². The highest BCUT2D eigenvalue weighted by Crippen LogP contribution is 2.32. The van der Waals surface area contributed by atoms with Gasteiger partial charge in [0.2, 0.25) is 5.91 Å². The van der Waals surface area contributed by atoms with Crippen molar-refractivity contribution in [3.63, 3.8) is 0 Å². The van der Waals surface area contributed by atoms with Crippen molar-refractivity contribution < 1.29 is 23.9 Å². The minimum absolute atomic E-state index is 0.0434. The number of nitrogens with zero attached hydrogens (tertiary/aromatic N) is 1. The summed E-state index contributed by atoms with van der Waals surface area (Å²) in [6.07, 6.45) is -0.497. The molecule has 120 valence electrons. The van der Waals surface area contributed by atoms with Gasteiger partial charge in [-0.3, -0.25) is 4.79 Å². The molecule has 6 heteroatoms. The van der Waals surface area contributed by atoms with E-state index in [2.05, 4.69) is 0 Å². The third kappa shape index (κ3) is 4.19. The molecule has 0 saturated carbocycles. The van der Waals surface area contributed by atoms with Crippen LogP contribution in [-0.4, -0.2) is 41.1 Å². The first-order valence-electron chi connectivity index (χ1n) is 7.31. The second-order valence-electron chi connectivity index (χ2n) is 6.54. The highest BCUT2D eigenvalue weighted by molar-refractivity contribution is 6.00. The van der Waals surface area contributed by atoms with Gasteiger partial charge in [0.15, 0.2) is 0 Å². The van der Waals surface area contributed by atoms with E-state index in [1.54, 1.807) is 27.7 Å². The number of rotatable bonds is 3. The number of carbonyl (C=O) groups excluding carboxylic acids is 3. The van der Waals surface area contributed by atoms with Crippen molar-refractivity contribution in [2.75, 3.05) is 6.61 Å². The normalized spacial score (nSPS) is 22.6. The lowest BCUT2D eigenvalue weighted by molar-refractivity contribution is -0.151. The first-order chi connectivity index (χ1) is 9.58. The monoisotopic (exact) mass is 299 g/mol. The quantitative estimate of drug-likeness (QED) is 0.748. The van der Waals surface area contributed by atoms with Gasteiger partial charge in [-0.05, 0) is 40.0 Å². The largest absolute Gasteiger partial charge is 0.464 e. The molecule has 1 aliphatic heterocycles. The Balaban J connectivity index is 3.01. The highest BCUT2D eigenvalue weighted by Gasteiger charge is 2.49. The van der Waals surface area contributed by atoms with Crippen molar-refractivity contribution in [1.82, 2.24) is 4.90 Å². The molecule has 1 aliphatic rings. The van der Waals surface area contributed by atoms with Gasteiger partial charge in [-0.2, -0.15) is 0 Å². The smallest absolute Gasteiger partial charge is 0.417 e. The molecule has 0 aromatic carbocycles. The molecule has 0 aliphatic carbocycles. The van der Waals surface area contributed by atoms with E-state index < -0.39 is 23.7 Å². The summed E-state index contributed by atoms with van der Waals surface area (Å²) < 4.78 is 10.2. The molecule has 0 aromatic heterocycles. The summed E-state index contributed by atoms with van der Waals surface area (Å²) in [5.74, 6) is -1.24. The van der Waals surface area contributed by atoms with Crippen LogP contribution in [0.5, 0.6) is 0 Å². The van der Waals surface area contributed by atoms with E-state index in [0.717, 1.165) is 4.90 Å². The maximum Gasteiger partial charge on any atom is 0.417 e. The average molecular weight is 299 g/mol. The molecule has 1 heterocycles. The van der Waals surface area contributed by atoms with Crippen molar-refractivity contribution in [1.29, 1.82) is 0 Å². The van der Waals surface area contributed by atoms with Crippen LogP contribution in [0.3, 0.4) is 0 Å². The van der Waals surface area contributed by atoms with Gasteiger partial charge in [0.25, 0.3) is 0 Å². The standard InChI is InChI=1S/C15H25NO5/c1-7-20-13(18)11-8-10(9(2)3)12(17)16(11)14(19)21-15(4,5)6/h9-11H,7-8H2,1-6H3/t10?,11-/m1/s1. The number of hydrogen-bond acceptors (Lipinski definition) is 5. The molecule has 6 nitrogen and oxygen atoms in total. The zero-order valence-corrected chi connectivity index (χ0v) is 13.6. The van der Waals surface area contributed by atoms with Crippen molar-refractivity contribution in [3.05, 3.63) is 0 Å². The van der Waals surface area contributed by atoms with Gasteiger partial charge in [0, 0.05) is 5.92 Å². The molecule has 21 heavy (non-hydrogen) atoms. The Morgan fingerprint density at radius 3 is 2.33 bits per heavy atom. The van der Waals surface area contributed by atoms with E-state index in [1.165, 1.54) is 0 Å². The SMILES string of the molecule is CCOC(=O)[C@H]1CC(C(C)C)C(=O)N1C(=O)OC(C)(C)C. The predicted octanol–water partition coefficient (Wildman–Crippen LogP) is 2.36. The number of carbonyl (C=O) groups is 3. The number of amides is 2. The number of imide groups is 1. The maximum atomic E-state index is 12.4. The summed E-state index contributed by atoms with van der Waals surface area (Å²) in [5, 5.41) is 0. The van der Waals surface area contributed by atoms with E-state index in [9.17, 15) is 14.4 Å². The minimum Gasteiger partial charge on any atom is -0.464 e. The molecule has 2 amide bonds. The Morgan fingerprint density at radius 1 is 1.33 bits per heavy atom. The first kappa shape index (κ1) is 17.5. The van der Waals surface area contributed by atoms with Gasteiger partial charge in [0.05, 0.1) is 6.61 Å². The van der Waals surface area contributed by atoms with Gasteiger partial charge in [-0.25, -0.2) is 14.5 Å². The van der Waals surface area contributed by atoms with Gasteiger partial charge in [-0.15, -0.1) is 0 Å². The molecular formula is C15H25NO5. The van der Waals surface area contributed by atoms with Gasteiger partial charge in [-0.1, -0.05) is 13.8 Å². The first-order valence-corrected chi connectivity index (χ1v) is 7.31. The molecule has 1 fully saturated rings. The highest BCUT2D eigenvalue weighted by atomic mass is 16.6. The number of hydrogen-bond donors (Lipinski definition) is 0. The van der Waals surface area contributed by atoms with Crippen LogP contribution in [0.2, 0.25) is 0 Å². The summed E-state index contributed by atoms with van der Waals surface area (Å²) in [6.45, 7) is 10.8. The topological polar surface area (TPSA) is 72.9 Å². The van der Waals surface area contributed by atoms with E-state index in [1.807, 2.05) is 13.8 Å². The zero-order valence-electron chi connectivity index (χ0n) is 13.6. The van der Waals surface area contributed by atoms with Crippen molar-refractivity contribution in [3.8, 4) is 0 Å². The zero-order chi connectivity index (χ0) is 16.4. The Kier molecular flexibility index (Phi) is 5.36. The van der Waals surface area contributed by atoms with Crippen molar-refractivity contribution in [2.24, 2.45) is 11.8 Å². The maximum absolute atomic E-state index is 12.4. The molecular weight excluding hydrogens is 274 g/mol. The summed E-state index contributed by atoms with van der Waals surface area (Å²) in [7, 11) is 0. The van der Waals surface area contributed by atoms with Crippen LogP contribution in [0.1, 0.15) is 48.0 Å². The third-order valence-electron chi connectivity index (χ3n) is 3.30. The number of esters is 1. The second-order valence-corrected chi connectivity index (χ2v) is 6.54. The Morgan fingerprint density at radius 2 is 1.90 bits per heavy atom. The molecule has 2 atom stereocenters. The van der Waals surface area contributed by atoms with Crippen LogP contribution >= 0.6 is 0 Å². The van der Waals surface area contributed by atoms with Gasteiger partial charge >= 0.3 is 12.1 Å². The fraction of sp³-hybridized carbons (Fsp3) is 0.800. The van der Waals surface area contributed by atoms with Crippen LogP contribution < -0.4 is 0 Å². The van der Waals surface area contributed by atoms with Crippen molar-refractivity contribution in [2.45, 2.75) is 59.6 Å². The molecule has 0 radical (unpaired) electrons. The molecule has 0 spiro atoms. The lowest BCUT2D eigenvalue weighted by Gasteiger charge is -2.26. The van der Waals surface area contributed by atoms with E-state index in [0.29, 0.717) is 0 Å². The van der Waals surface area contributed by atoms with E-state index >= 15 is 0 Å². The molecule has 0 bridgehead atoms. The summed E-state index contributed by atoms with van der Waals surface area (Å²) in [5.41, 5.74) is -0.730. The van der Waals surface area contributed by atoms with Crippen LogP contribution in [-0.2, 0) is 19.1 Å². The van der Waals surface area contributed by atoms with E-state index in [-0.39, 0.29) is 30.8 Å². The number of ether oxygens (including phenoxy) is 2. The molecule has 1 rings (SSSR count). The predicted molar refractivity (Wildman–Crippen MR) is 76.4 cm³/mol. The van der Waals surface area contributed by atoms with Crippen LogP contribution in [0.15, 0.2) is 0 Å². The Hall–Kier alpha value is -1.59. The summed E-state index contributed by atoms with van der Waals surface area (Å²) in [4.78, 5) is 37.6. The minimum atomic E-state index is -0.889. The second kappa shape index (κ2) is 6.45. The van der Waals surface area contributed by atoms with Crippen LogP contribution in [0, 0.1) is 11.8 Å².